The summed E-state index contributed by atoms with van der Waals surface area (Å²) in [4.78, 5) is 28.9. The van der Waals surface area contributed by atoms with Crippen LogP contribution in [0.15, 0.2) is 82.7 Å². The molecule has 1 atom stereocenters. The number of alkyl halides is 2. The molecule has 11 heteroatoms. The van der Waals surface area contributed by atoms with Crippen LogP contribution in [0.4, 0.5) is 13.2 Å². The first-order valence-corrected chi connectivity index (χ1v) is 10.6. The predicted octanol–water partition coefficient (Wildman–Crippen LogP) is 3.85. The summed E-state index contributed by atoms with van der Waals surface area (Å²) in [6.07, 6.45) is 11.6. The van der Waals surface area contributed by atoms with Gasteiger partial charge in [0, 0.05) is 19.3 Å². The van der Waals surface area contributed by atoms with Crippen LogP contribution in [0, 0.1) is 0 Å². The van der Waals surface area contributed by atoms with Crippen LogP contribution >= 0.6 is 0 Å². The van der Waals surface area contributed by atoms with Crippen LogP contribution in [0.25, 0.3) is 0 Å². The van der Waals surface area contributed by atoms with E-state index in [2.05, 4.69) is 26.7 Å². The number of hydrogen-bond donors (Lipinski definition) is 1. The molecule has 2 amide bonds. The summed E-state index contributed by atoms with van der Waals surface area (Å²) in [5, 5.41) is 8.39. The molecule has 2 aliphatic heterocycles. The number of allylic oxidation sites excluding steroid dienone is 7. The Kier molecular flexibility index (Phi) is 13.2. The van der Waals surface area contributed by atoms with Gasteiger partial charge in [0.1, 0.15) is 18.0 Å². The van der Waals surface area contributed by atoms with Gasteiger partial charge in [-0.15, -0.1) is 0 Å². The Morgan fingerprint density at radius 3 is 2.80 bits per heavy atom. The lowest BCUT2D eigenvalue weighted by Gasteiger charge is -2.17. The number of aliphatic imine (C=N–C) groups is 1. The summed E-state index contributed by atoms with van der Waals surface area (Å²) in [6, 6.07) is 0. The molecule has 0 aromatic carbocycles. The number of nitrogens with zero attached hydrogens (tertiary/aromatic N) is 4. The molecule has 0 spiro atoms. The number of hydrogen-bond acceptors (Lipinski definition) is 6. The van der Waals surface area contributed by atoms with Crippen molar-refractivity contribution in [2.75, 3.05) is 26.9 Å². The van der Waals surface area contributed by atoms with Gasteiger partial charge < -0.3 is 15.0 Å². The van der Waals surface area contributed by atoms with Crippen molar-refractivity contribution in [3.63, 3.8) is 0 Å². The Bertz CT molecular complexity index is 967. The zero-order chi connectivity index (χ0) is 26.2. The van der Waals surface area contributed by atoms with Gasteiger partial charge in [0.05, 0.1) is 24.9 Å². The van der Waals surface area contributed by atoms with Crippen molar-refractivity contribution in [3.05, 3.63) is 72.6 Å². The van der Waals surface area contributed by atoms with Crippen LogP contribution in [0.1, 0.15) is 20.3 Å². The number of carbonyl (C=O) groups is 2. The minimum Gasteiger partial charge on any atom is -0.457 e. The number of carbonyl (C=O) groups excluding carboxylic acids is 2. The molecule has 2 aliphatic rings. The summed E-state index contributed by atoms with van der Waals surface area (Å²) in [7, 11) is 1.73. The molecule has 1 N–H and O–H groups in total. The fraction of sp³-hybridized carbons (Fsp3) is 0.333. The van der Waals surface area contributed by atoms with Gasteiger partial charge in [-0.2, -0.15) is 9.49 Å². The Morgan fingerprint density at radius 1 is 1.49 bits per heavy atom. The molecule has 0 aromatic heterocycles. The number of hydrazone groups is 1. The molecule has 190 valence electrons. The van der Waals surface area contributed by atoms with Crippen molar-refractivity contribution in [2.45, 2.75) is 26.6 Å². The Morgan fingerprint density at radius 2 is 2.23 bits per heavy atom. The van der Waals surface area contributed by atoms with E-state index in [1.165, 1.54) is 17.1 Å². The first kappa shape index (κ1) is 29.1. The van der Waals surface area contributed by atoms with Gasteiger partial charge in [0.25, 0.3) is 12.3 Å². The molecule has 0 radical (unpaired) electrons. The Balaban J connectivity index is 0.000000383. The van der Waals surface area contributed by atoms with Gasteiger partial charge in [-0.3, -0.25) is 19.6 Å². The van der Waals surface area contributed by atoms with Gasteiger partial charge in [0.15, 0.2) is 6.67 Å². The number of halogens is 3. The molecule has 0 aliphatic carbocycles. The molecular formula is C24H30F3N5O3. The van der Waals surface area contributed by atoms with Crippen molar-refractivity contribution in [3.8, 4) is 0 Å². The van der Waals surface area contributed by atoms with E-state index < -0.39 is 13.0 Å². The molecule has 1 unspecified atom stereocenters. The summed E-state index contributed by atoms with van der Waals surface area (Å²) < 4.78 is 40.5. The van der Waals surface area contributed by atoms with Crippen LogP contribution in [-0.4, -0.2) is 66.9 Å². The lowest BCUT2D eigenvalue weighted by Crippen LogP contribution is -2.35. The fourth-order valence-electron chi connectivity index (χ4n) is 2.53. The highest BCUT2D eigenvalue weighted by Gasteiger charge is 2.26. The maximum Gasteiger partial charge on any atom is 0.276 e. The second-order valence-corrected chi connectivity index (χ2v) is 7.06. The molecular weight excluding hydrogens is 463 g/mol. The topological polar surface area (TPSA) is 86.6 Å². The Hall–Kier alpha value is -3.89. The molecule has 35 heavy (non-hydrogen) atoms. The highest BCUT2D eigenvalue weighted by Crippen LogP contribution is 2.10. The second kappa shape index (κ2) is 15.9. The summed E-state index contributed by atoms with van der Waals surface area (Å²) >= 11 is 0. The highest BCUT2D eigenvalue weighted by atomic mass is 19.2. The zero-order valence-electron chi connectivity index (χ0n) is 20.0. The summed E-state index contributed by atoms with van der Waals surface area (Å²) in [5.74, 6) is -0.558. The molecule has 8 nitrogen and oxygen atoms in total. The maximum absolute atomic E-state index is 12.4. The largest absolute Gasteiger partial charge is 0.457 e. The molecule has 1 saturated heterocycles. The van der Waals surface area contributed by atoms with Crippen LogP contribution < -0.4 is 5.32 Å². The van der Waals surface area contributed by atoms with Crippen molar-refractivity contribution >= 4 is 23.7 Å². The SMILES string of the molecule is C=C/C(=N\N(C)C1=CCC=CN=C1)C(=O)N1CNC(=O)C1.C\C=C(C)/C=C(\C=C\F)OC(F)CF. The predicted molar refractivity (Wildman–Crippen MR) is 130 cm³/mol. The van der Waals surface area contributed by atoms with Crippen LogP contribution in [-0.2, 0) is 14.3 Å². The van der Waals surface area contributed by atoms with Crippen LogP contribution in [0.3, 0.4) is 0 Å². The molecule has 2 rings (SSSR count). The summed E-state index contributed by atoms with van der Waals surface area (Å²) in [5.41, 5.74) is 1.73. The normalized spacial score (nSPS) is 17.3. The number of nitrogens with one attached hydrogen (secondary N) is 1. The minimum absolute atomic E-state index is 0.0451. The van der Waals surface area contributed by atoms with E-state index in [9.17, 15) is 22.8 Å². The Labute approximate surface area is 203 Å². The standard InChI is InChI=1S/C14H17N5O2.C10H13F3O/c1-3-12(14(21)19-9-13(20)16-10-19)17-18(2)11-6-4-5-7-15-8-11;1-3-8(2)6-9(4-5-11)14-10(13)7-12/h3,5-8H,1,4,9-10H2,2H3,(H,16,20);3-6,10H,7H2,1-2H3/b17-12+;5-4+,8-3-,9-6+. The lowest BCUT2D eigenvalue weighted by atomic mass is 10.2. The third-order valence-corrected chi connectivity index (χ3v) is 4.43. The van der Waals surface area contributed by atoms with E-state index in [1.54, 1.807) is 44.4 Å². The first-order valence-electron chi connectivity index (χ1n) is 10.6. The third-order valence-electron chi connectivity index (χ3n) is 4.43. The first-order chi connectivity index (χ1) is 16.7. The van der Waals surface area contributed by atoms with Crippen molar-refractivity contribution in [2.24, 2.45) is 10.1 Å². The maximum atomic E-state index is 12.4. The van der Waals surface area contributed by atoms with E-state index in [1.807, 2.05) is 12.2 Å². The minimum atomic E-state index is -2.05. The van der Waals surface area contributed by atoms with E-state index in [-0.39, 0.29) is 42.8 Å². The highest BCUT2D eigenvalue weighted by molar-refractivity contribution is 6.43. The van der Waals surface area contributed by atoms with Crippen molar-refractivity contribution in [1.82, 2.24) is 15.2 Å². The van der Waals surface area contributed by atoms with E-state index >= 15 is 0 Å². The number of amides is 2. The monoisotopic (exact) mass is 493 g/mol. The van der Waals surface area contributed by atoms with Gasteiger partial charge in [-0.1, -0.05) is 30.4 Å². The lowest BCUT2D eigenvalue weighted by molar-refractivity contribution is -0.125. The van der Waals surface area contributed by atoms with Gasteiger partial charge in [-0.25, -0.2) is 8.78 Å². The smallest absolute Gasteiger partial charge is 0.276 e. The molecule has 0 bridgehead atoms. The molecule has 0 aromatic rings. The summed E-state index contributed by atoms with van der Waals surface area (Å²) in [6.45, 7) is 6.10. The van der Waals surface area contributed by atoms with Gasteiger partial charge in [-0.05, 0) is 32.4 Å². The van der Waals surface area contributed by atoms with E-state index in [4.69, 9.17) is 0 Å². The third kappa shape index (κ3) is 10.7. The quantitative estimate of drug-likeness (QED) is 0.229. The van der Waals surface area contributed by atoms with Gasteiger partial charge in [0.2, 0.25) is 5.91 Å². The molecule has 1 fully saturated rings. The molecule has 0 saturated carbocycles. The number of rotatable bonds is 9. The molecule has 2 heterocycles. The average Bonchev–Trinajstić information content (AvgIpc) is 3.10. The van der Waals surface area contributed by atoms with Crippen LogP contribution in [0.2, 0.25) is 0 Å². The zero-order valence-corrected chi connectivity index (χ0v) is 20.0. The number of ether oxygens (including phenoxy) is 1. The van der Waals surface area contributed by atoms with Crippen molar-refractivity contribution in [1.29, 1.82) is 0 Å². The van der Waals surface area contributed by atoms with E-state index in [0.717, 1.165) is 23.8 Å². The average molecular weight is 494 g/mol. The van der Waals surface area contributed by atoms with Crippen LogP contribution in [0.5, 0.6) is 0 Å². The second-order valence-electron chi connectivity index (χ2n) is 7.06. The van der Waals surface area contributed by atoms with E-state index in [0.29, 0.717) is 0 Å². The fourth-order valence-corrected chi connectivity index (χ4v) is 2.53. The van der Waals surface area contributed by atoms with Gasteiger partial charge >= 0.3 is 0 Å². The van der Waals surface area contributed by atoms with Crippen molar-refractivity contribution < 1.29 is 27.5 Å².